The van der Waals surface area contributed by atoms with Gasteiger partial charge < -0.3 is 9.47 Å². The fraction of sp³-hybridized carbons (Fsp3) is 0.500. The molecule has 0 bridgehead atoms. The molecule has 0 spiro atoms. The number of fused-ring (bicyclic) bond motifs is 1. The lowest BCUT2D eigenvalue weighted by atomic mass is 9.99. The normalized spacial score (nSPS) is 22.9. The summed E-state index contributed by atoms with van der Waals surface area (Å²) in [6.45, 7) is 1.21. The van der Waals surface area contributed by atoms with Crippen LogP contribution in [0.5, 0.6) is 11.5 Å². The van der Waals surface area contributed by atoms with Crippen LogP contribution in [-0.2, 0) is 4.79 Å². The summed E-state index contributed by atoms with van der Waals surface area (Å²) >= 11 is 1.66. The number of Topliss-reactive ketones (excluding diaryl/α,β-unsaturated/α-hetero) is 1. The average Bonchev–Trinajstić information content (AvgIpc) is 2.41. The second kappa shape index (κ2) is 5.22. The molecule has 0 amide bonds. The maximum absolute atomic E-state index is 11.8. The van der Waals surface area contributed by atoms with Gasteiger partial charge in [-0.2, -0.15) is 0 Å². The Labute approximate surface area is 111 Å². The standard InChI is InChI=1S/C14H16O3S/c15-11-3-1-2-4-14(11)18-10-5-6-12-13(9-10)17-8-7-16-12/h5-6,9,14H,1-4,7-8H2. The van der Waals surface area contributed by atoms with Gasteiger partial charge in [-0.3, -0.25) is 4.79 Å². The third kappa shape index (κ3) is 2.48. The van der Waals surface area contributed by atoms with Crippen molar-refractivity contribution in [3.63, 3.8) is 0 Å². The van der Waals surface area contributed by atoms with Gasteiger partial charge in [0, 0.05) is 11.3 Å². The number of carbonyl (C=O) groups is 1. The van der Waals surface area contributed by atoms with Crippen LogP contribution in [-0.4, -0.2) is 24.2 Å². The molecule has 1 unspecified atom stereocenters. The van der Waals surface area contributed by atoms with E-state index in [0.29, 0.717) is 19.0 Å². The molecule has 1 heterocycles. The molecular weight excluding hydrogens is 248 g/mol. The van der Waals surface area contributed by atoms with E-state index >= 15 is 0 Å². The highest BCUT2D eigenvalue weighted by Crippen LogP contribution is 2.37. The number of carbonyl (C=O) groups excluding carboxylic acids is 1. The second-order valence-corrected chi connectivity index (χ2v) is 5.90. The van der Waals surface area contributed by atoms with E-state index in [0.717, 1.165) is 42.1 Å². The molecule has 3 rings (SSSR count). The van der Waals surface area contributed by atoms with E-state index in [1.54, 1.807) is 11.8 Å². The molecule has 3 nitrogen and oxygen atoms in total. The first-order chi connectivity index (χ1) is 8.83. The van der Waals surface area contributed by atoms with E-state index in [-0.39, 0.29) is 5.25 Å². The highest BCUT2D eigenvalue weighted by atomic mass is 32.2. The van der Waals surface area contributed by atoms with Gasteiger partial charge in [-0.25, -0.2) is 0 Å². The number of hydrogen-bond acceptors (Lipinski definition) is 4. The maximum Gasteiger partial charge on any atom is 0.162 e. The van der Waals surface area contributed by atoms with Crippen molar-refractivity contribution in [2.24, 2.45) is 0 Å². The van der Waals surface area contributed by atoms with E-state index in [2.05, 4.69) is 0 Å². The summed E-state index contributed by atoms with van der Waals surface area (Å²) in [4.78, 5) is 12.9. The third-order valence-electron chi connectivity index (χ3n) is 3.29. The minimum atomic E-state index is 0.126. The summed E-state index contributed by atoms with van der Waals surface area (Å²) < 4.78 is 11.0. The molecule has 4 heteroatoms. The molecule has 96 valence electrons. The highest BCUT2D eigenvalue weighted by molar-refractivity contribution is 8.00. The molecule has 1 atom stereocenters. The first-order valence-corrected chi connectivity index (χ1v) is 7.30. The lowest BCUT2D eigenvalue weighted by Gasteiger charge is -2.22. The van der Waals surface area contributed by atoms with Crippen LogP contribution in [0.3, 0.4) is 0 Å². The molecule has 0 radical (unpaired) electrons. The van der Waals surface area contributed by atoms with Crippen LogP contribution in [0.2, 0.25) is 0 Å². The molecule has 1 aromatic rings. The van der Waals surface area contributed by atoms with E-state index in [9.17, 15) is 4.79 Å². The summed E-state index contributed by atoms with van der Waals surface area (Å²) in [5, 5.41) is 0.126. The molecular formula is C14H16O3S. The summed E-state index contributed by atoms with van der Waals surface area (Å²) in [5.41, 5.74) is 0. The van der Waals surface area contributed by atoms with Gasteiger partial charge in [-0.05, 0) is 31.0 Å². The smallest absolute Gasteiger partial charge is 0.162 e. The minimum Gasteiger partial charge on any atom is -0.486 e. The number of benzene rings is 1. The van der Waals surface area contributed by atoms with Crippen molar-refractivity contribution in [3.05, 3.63) is 18.2 Å². The SMILES string of the molecule is O=C1CCCCC1Sc1ccc2c(c1)OCCO2. The summed E-state index contributed by atoms with van der Waals surface area (Å²) in [7, 11) is 0. The fourth-order valence-electron chi connectivity index (χ4n) is 2.34. The van der Waals surface area contributed by atoms with Crippen molar-refractivity contribution < 1.29 is 14.3 Å². The van der Waals surface area contributed by atoms with Crippen molar-refractivity contribution in [1.82, 2.24) is 0 Å². The first kappa shape index (κ1) is 11.9. The van der Waals surface area contributed by atoms with Gasteiger partial charge in [0.1, 0.15) is 19.0 Å². The molecule has 1 aliphatic heterocycles. The quantitative estimate of drug-likeness (QED) is 0.822. The predicted molar refractivity (Wildman–Crippen MR) is 70.6 cm³/mol. The summed E-state index contributed by atoms with van der Waals surface area (Å²) in [6, 6.07) is 5.94. The molecule has 1 fully saturated rings. The fourth-order valence-corrected chi connectivity index (χ4v) is 3.52. The second-order valence-electron chi connectivity index (χ2n) is 4.62. The van der Waals surface area contributed by atoms with Gasteiger partial charge in [0.15, 0.2) is 11.5 Å². The Morgan fingerprint density at radius 1 is 1.11 bits per heavy atom. The largest absolute Gasteiger partial charge is 0.486 e. The Morgan fingerprint density at radius 3 is 2.78 bits per heavy atom. The van der Waals surface area contributed by atoms with Gasteiger partial charge >= 0.3 is 0 Å². The predicted octanol–water partition coefficient (Wildman–Crippen LogP) is 3.06. The van der Waals surface area contributed by atoms with E-state index < -0.39 is 0 Å². The molecule has 0 aromatic heterocycles. The van der Waals surface area contributed by atoms with Crippen molar-refractivity contribution >= 4 is 17.5 Å². The van der Waals surface area contributed by atoms with Crippen LogP contribution in [0.25, 0.3) is 0 Å². The molecule has 1 aliphatic carbocycles. The first-order valence-electron chi connectivity index (χ1n) is 6.42. The van der Waals surface area contributed by atoms with Crippen molar-refractivity contribution in [2.45, 2.75) is 35.8 Å². The van der Waals surface area contributed by atoms with Crippen LogP contribution < -0.4 is 9.47 Å². The van der Waals surface area contributed by atoms with Crippen LogP contribution in [0.15, 0.2) is 23.1 Å². The monoisotopic (exact) mass is 264 g/mol. The van der Waals surface area contributed by atoms with Gasteiger partial charge in [-0.1, -0.05) is 6.42 Å². The van der Waals surface area contributed by atoms with Crippen molar-refractivity contribution in [2.75, 3.05) is 13.2 Å². The Kier molecular flexibility index (Phi) is 3.46. The summed E-state index contributed by atoms with van der Waals surface area (Å²) in [5.74, 6) is 2.00. The van der Waals surface area contributed by atoms with Crippen molar-refractivity contribution in [3.8, 4) is 11.5 Å². The number of hydrogen-bond donors (Lipinski definition) is 0. The van der Waals surface area contributed by atoms with Gasteiger partial charge in [0.2, 0.25) is 0 Å². The van der Waals surface area contributed by atoms with Gasteiger partial charge in [0.05, 0.1) is 5.25 Å². The Balaban J connectivity index is 1.74. The zero-order valence-corrected chi connectivity index (χ0v) is 11.0. The molecule has 0 saturated heterocycles. The van der Waals surface area contributed by atoms with Crippen LogP contribution in [0.1, 0.15) is 25.7 Å². The van der Waals surface area contributed by atoms with E-state index in [1.165, 1.54) is 0 Å². The molecule has 18 heavy (non-hydrogen) atoms. The van der Waals surface area contributed by atoms with E-state index in [4.69, 9.17) is 9.47 Å². The highest BCUT2D eigenvalue weighted by Gasteiger charge is 2.23. The number of thioether (sulfide) groups is 1. The molecule has 1 aromatic carbocycles. The van der Waals surface area contributed by atoms with Crippen LogP contribution >= 0.6 is 11.8 Å². The number of rotatable bonds is 2. The minimum absolute atomic E-state index is 0.126. The van der Waals surface area contributed by atoms with Gasteiger partial charge in [-0.15, -0.1) is 11.8 Å². The Bertz CT molecular complexity index is 458. The average molecular weight is 264 g/mol. The van der Waals surface area contributed by atoms with Crippen LogP contribution in [0.4, 0.5) is 0 Å². The van der Waals surface area contributed by atoms with E-state index in [1.807, 2.05) is 18.2 Å². The molecule has 2 aliphatic rings. The Hall–Kier alpha value is -1.16. The molecule has 1 saturated carbocycles. The Morgan fingerprint density at radius 2 is 1.94 bits per heavy atom. The lowest BCUT2D eigenvalue weighted by molar-refractivity contribution is -0.119. The zero-order chi connectivity index (χ0) is 12.4. The molecule has 0 N–H and O–H groups in total. The van der Waals surface area contributed by atoms with Crippen molar-refractivity contribution in [1.29, 1.82) is 0 Å². The summed E-state index contributed by atoms with van der Waals surface area (Å²) in [6.07, 6.45) is 3.95. The lowest BCUT2D eigenvalue weighted by Crippen LogP contribution is -2.21. The zero-order valence-electron chi connectivity index (χ0n) is 10.2. The topological polar surface area (TPSA) is 35.5 Å². The van der Waals surface area contributed by atoms with Gasteiger partial charge in [0.25, 0.3) is 0 Å². The third-order valence-corrected chi connectivity index (χ3v) is 4.60. The maximum atomic E-state index is 11.8. The van der Waals surface area contributed by atoms with Crippen LogP contribution in [0, 0.1) is 0 Å². The number of ketones is 1. The number of ether oxygens (including phenoxy) is 2.